The van der Waals surface area contributed by atoms with Crippen molar-refractivity contribution < 1.29 is 9.53 Å². The number of hydrogen-bond donors (Lipinski definition) is 2. The maximum Gasteiger partial charge on any atom is 0.337 e. The summed E-state index contributed by atoms with van der Waals surface area (Å²) < 4.78 is 4.74. The third-order valence-corrected chi connectivity index (χ3v) is 4.40. The van der Waals surface area contributed by atoms with E-state index >= 15 is 0 Å². The van der Waals surface area contributed by atoms with Crippen LogP contribution >= 0.6 is 11.6 Å². The Morgan fingerprint density at radius 3 is 2.75 bits per heavy atom. The van der Waals surface area contributed by atoms with Crippen molar-refractivity contribution in [3.05, 3.63) is 76.9 Å². The molecule has 0 atom stereocenters. The van der Waals surface area contributed by atoms with E-state index in [9.17, 15) is 4.79 Å². The largest absolute Gasteiger partial charge is 0.465 e. The molecule has 1 aromatic heterocycles. The highest BCUT2D eigenvalue weighted by atomic mass is 35.5. The molecule has 0 amide bonds. The predicted octanol–water partition coefficient (Wildman–Crippen LogP) is 4.70. The average molecular weight is 397 g/mol. The summed E-state index contributed by atoms with van der Waals surface area (Å²) >= 11 is 6.22. The number of carbonyl (C=O) groups excluding carboxylic acids is 1. The van der Waals surface area contributed by atoms with Gasteiger partial charge in [-0.2, -0.15) is 4.98 Å². The van der Waals surface area contributed by atoms with E-state index < -0.39 is 5.97 Å². The zero-order valence-electron chi connectivity index (χ0n) is 15.5. The van der Waals surface area contributed by atoms with Crippen molar-refractivity contribution in [2.24, 2.45) is 0 Å². The van der Waals surface area contributed by atoms with E-state index in [-0.39, 0.29) is 0 Å². The molecule has 28 heavy (non-hydrogen) atoms. The van der Waals surface area contributed by atoms with Crippen LogP contribution in [0.25, 0.3) is 0 Å². The molecule has 0 aliphatic carbocycles. The number of aryl methyl sites for hydroxylation is 1. The van der Waals surface area contributed by atoms with Crippen molar-refractivity contribution in [2.75, 3.05) is 24.3 Å². The Morgan fingerprint density at radius 2 is 1.96 bits per heavy atom. The van der Waals surface area contributed by atoms with Gasteiger partial charge in [0.05, 0.1) is 23.4 Å². The second-order valence-corrected chi connectivity index (χ2v) is 6.50. The van der Waals surface area contributed by atoms with E-state index in [0.717, 1.165) is 19.4 Å². The molecule has 0 fully saturated rings. The molecule has 0 saturated heterocycles. The van der Waals surface area contributed by atoms with E-state index in [2.05, 4.69) is 32.7 Å². The molecule has 0 radical (unpaired) electrons. The van der Waals surface area contributed by atoms with Crippen LogP contribution < -0.4 is 10.6 Å². The van der Waals surface area contributed by atoms with Gasteiger partial charge in [0.2, 0.25) is 5.95 Å². The van der Waals surface area contributed by atoms with Gasteiger partial charge in [-0.15, -0.1) is 0 Å². The second kappa shape index (κ2) is 9.71. The summed E-state index contributed by atoms with van der Waals surface area (Å²) in [6.45, 7) is 0.761. The molecule has 0 aliphatic heterocycles. The van der Waals surface area contributed by atoms with Crippen molar-refractivity contribution in [2.45, 2.75) is 12.8 Å². The number of nitrogens with zero attached hydrogens (tertiary/aromatic N) is 2. The second-order valence-electron chi connectivity index (χ2n) is 6.09. The van der Waals surface area contributed by atoms with Crippen molar-refractivity contribution in [1.29, 1.82) is 0 Å². The number of hydrogen-bond acceptors (Lipinski definition) is 6. The number of benzene rings is 2. The minimum atomic E-state index is -0.428. The highest BCUT2D eigenvalue weighted by Gasteiger charge is 2.10. The van der Waals surface area contributed by atoms with E-state index in [4.69, 9.17) is 16.3 Å². The van der Waals surface area contributed by atoms with Crippen LogP contribution in [0.3, 0.4) is 0 Å². The standard InChI is InChI=1S/C21H21ClN4O2/c1-28-20(27)16-9-10-17(22)18(14-16)25-19-11-13-24-21(26-19)23-12-5-8-15-6-3-2-4-7-15/h2-4,6-7,9-11,13-14H,5,8,12H2,1H3,(H2,23,24,25,26). The van der Waals surface area contributed by atoms with Crippen LogP contribution in [-0.2, 0) is 11.2 Å². The first-order valence-electron chi connectivity index (χ1n) is 8.91. The fourth-order valence-electron chi connectivity index (χ4n) is 2.65. The van der Waals surface area contributed by atoms with Gasteiger partial charge in [-0.1, -0.05) is 41.9 Å². The Bertz CT molecular complexity index is 935. The van der Waals surface area contributed by atoms with Gasteiger partial charge in [0.15, 0.2) is 0 Å². The lowest BCUT2D eigenvalue weighted by Crippen LogP contribution is -2.07. The smallest absolute Gasteiger partial charge is 0.337 e. The first-order valence-corrected chi connectivity index (χ1v) is 9.29. The molecule has 2 aromatic carbocycles. The Balaban J connectivity index is 1.59. The van der Waals surface area contributed by atoms with Gasteiger partial charge < -0.3 is 15.4 Å². The molecule has 6 nitrogen and oxygen atoms in total. The van der Waals surface area contributed by atoms with Crippen LogP contribution in [0.5, 0.6) is 0 Å². The van der Waals surface area contributed by atoms with Crippen LogP contribution in [0.2, 0.25) is 5.02 Å². The topological polar surface area (TPSA) is 76.1 Å². The number of rotatable bonds is 8. The minimum Gasteiger partial charge on any atom is -0.465 e. The molecule has 2 N–H and O–H groups in total. The fourth-order valence-corrected chi connectivity index (χ4v) is 2.82. The summed E-state index contributed by atoms with van der Waals surface area (Å²) in [5, 5.41) is 6.82. The zero-order valence-corrected chi connectivity index (χ0v) is 16.2. The van der Waals surface area contributed by atoms with Crippen LogP contribution in [0.1, 0.15) is 22.3 Å². The Kier molecular flexibility index (Phi) is 6.81. The van der Waals surface area contributed by atoms with Crippen molar-refractivity contribution in [3.8, 4) is 0 Å². The molecular weight excluding hydrogens is 376 g/mol. The van der Waals surface area contributed by atoms with Crippen LogP contribution in [0.4, 0.5) is 17.5 Å². The summed E-state index contributed by atoms with van der Waals surface area (Å²) in [6.07, 6.45) is 3.62. The van der Waals surface area contributed by atoms with Crippen molar-refractivity contribution in [1.82, 2.24) is 9.97 Å². The van der Waals surface area contributed by atoms with Gasteiger partial charge in [-0.3, -0.25) is 0 Å². The zero-order chi connectivity index (χ0) is 19.8. The Morgan fingerprint density at radius 1 is 1.14 bits per heavy atom. The molecule has 0 spiro atoms. The SMILES string of the molecule is COC(=O)c1ccc(Cl)c(Nc2ccnc(NCCCc3ccccc3)n2)c1. The molecule has 0 aliphatic rings. The van der Waals surface area contributed by atoms with Crippen molar-refractivity contribution in [3.63, 3.8) is 0 Å². The van der Waals surface area contributed by atoms with E-state index in [1.165, 1.54) is 12.7 Å². The van der Waals surface area contributed by atoms with Crippen LogP contribution in [-0.4, -0.2) is 29.6 Å². The minimum absolute atomic E-state index is 0.405. The van der Waals surface area contributed by atoms with E-state index in [1.54, 1.807) is 30.5 Å². The van der Waals surface area contributed by atoms with E-state index in [1.807, 2.05) is 18.2 Å². The molecule has 3 rings (SSSR count). The molecule has 1 heterocycles. The number of ether oxygens (including phenoxy) is 1. The molecule has 0 bridgehead atoms. The molecule has 144 valence electrons. The average Bonchev–Trinajstić information content (AvgIpc) is 2.73. The quantitative estimate of drug-likeness (QED) is 0.424. The van der Waals surface area contributed by atoms with Gasteiger partial charge in [0, 0.05) is 12.7 Å². The first kappa shape index (κ1) is 19.6. The van der Waals surface area contributed by atoms with Crippen LogP contribution in [0, 0.1) is 0 Å². The number of nitrogens with one attached hydrogen (secondary N) is 2. The number of halogens is 1. The lowest BCUT2D eigenvalue weighted by molar-refractivity contribution is 0.0601. The van der Waals surface area contributed by atoms with Gasteiger partial charge in [0.1, 0.15) is 5.82 Å². The molecule has 0 saturated carbocycles. The highest BCUT2D eigenvalue weighted by molar-refractivity contribution is 6.33. The summed E-state index contributed by atoms with van der Waals surface area (Å²) in [7, 11) is 1.34. The number of aromatic nitrogens is 2. The van der Waals surface area contributed by atoms with Gasteiger partial charge >= 0.3 is 5.97 Å². The van der Waals surface area contributed by atoms with Gasteiger partial charge in [0.25, 0.3) is 0 Å². The predicted molar refractivity (Wildman–Crippen MR) is 111 cm³/mol. The molecular formula is C21H21ClN4O2. The number of anilines is 3. The van der Waals surface area contributed by atoms with Crippen molar-refractivity contribution >= 4 is 35.0 Å². The Labute approximate surface area is 168 Å². The summed E-state index contributed by atoms with van der Waals surface area (Å²) in [5.74, 6) is 0.672. The van der Waals surface area contributed by atoms with Gasteiger partial charge in [-0.05, 0) is 42.7 Å². The maximum atomic E-state index is 11.7. The van der Waals surface area contributed by atoms with Crippen LogP contribution in [0.15, 0.2) is 60.8 Å². The van der Waals surface area contributed by atoms with E-state index in [0.29, 0.717) is 28.0 Å². The normalized spacial score (nSPS) is 10.4. The summed E-state index contributed by atoms with van der Waals surface area (Å²) in [5.41, 5.74) is 2.28. The Hall–Kier alpha value is -3.12. The highest BCUT2D eigenvalue weighted by Crippen LogP contribution is 2.26. The lowest BCUT2D eigenvalue weighted by atomic mass is 10.1. The molecule has 7 heteroatoms. The fraction of sp³-hybridized carbons (Fsp3) is 0.190. The monoisotopic (exact) mass is 396 g/mol. The first-order chi connectivity index (χ1) is 13.7. The third kappa shape index (κ3) is 5.44. The van der Waals surface area contributed by atoms with Gasteiger partial charge in [-0.25, -0.2) is 9.78 Å². The number of carbonyl (C=O) groups is 1. The summed E-state index contributed by atoms with van der Waals surface area (Å²) in [6, 6.07) is 16.9. The lowest BCUT2D eigenvalue weighted by Gasteiger charge is -2.11. The number of methoxy groups -OCH3 is 1. The maximum absolute atomic E-state index is 11.7. The number of esters is 1. The molecule has 0 unspecified atom stereocenters. The molecule has 3 aromatic rings. The summed E-state index contributed by atoms with van der Waals surface area (Å²) in [4.78, 5) is 20.4. The third-order valence-electron chi connectivity index (χ3n) is 4.07.